The molecule has 2 aromatic carbocycles. The summed E-state index contributed by atoms with van der Waals surface area (Å²) in [5.74, 6) is 0.167. The van der Waals surface area contributed by atoms with Crippen LogP contribution >= 0.6 is 11.8 Å². The van der Waals surface area contributed by atoms with Gasteiger partial charge in [0.15, 0.2) is 5.16 Å². The number of aromatic amines is 1. The molecule has 130 valence electrons. The van der Waals surface area contributed by atoms with E-state index in [0.717, 1.165) is 0 Å². The Balaban J connectivity index is 1.68. The van der Waals surface area contributed by atoms with Crippen molar-refractivity contribution in [3.63, 3.8) is 0 Å². The molecule has 0 fully saturated rings. The van der Waals surface area contributed by atoms with E-state index in [4.69, 9.17) is 0 Å². The number of para-hydroxylation sites is 2. The maximum absolute atomic E-state index is 14.1. The van der Waals surface area contributed by atoms with E-state index >= 15 is 0 Å². The van der Waals surface area contributed by atoms with Crippen molar-refractivity contribution in [2.75, 3.05) is 0 Å². The van der Waals surface area contributed by atoms with Crippen molar-refractivity contribution in [3.8, 4) is 5.69 Å². The van der Waals surface area contributed by atoms with Gasteiger partial charge in [-0.1, -0.05) is 36.0 Å². The third-order valence-electron chi connectivity index (χ3n) is 3.93. The average molecular weight is 367 g/mol. The lowest BCUT2D eigenvalue weighted by Gasteiger charge is -2.12. The first-order valence-corrected chi connectivity index (χ1v) is 8.82. The summed E-state index contributed by atoms with van der Waals surface area (Å²) in [5.41, 5.74) is 0.815. The molecule has 0 saturated carbocycles. The third kappa shape index (κ3) is 2.99. The molecular weight excluding hydrogens is 353 g/mol. The zero-order chi connectivity index (χ0) is 18.1. The van der Waals surface area contributed by atoms with Gasteiger partial charge in [-0.25, -0.2) is 9.37 Å². The molecule has 4 aromatic rings. The number of benzene rings is 2. The van der Waals surface area contributed by atoms with Gasteiger partial charge >= 0.3 is 0 Å². The fourth-order valence-corrected chi connectivity index (χ4v) is 3.52. The van der Waals surface area contributed by atoms with Gasteiger partial charge in [-0.3, -0.25) is 9.36 Å². The summed E-state index contributed by atoms with van der Waals surface area (Å²) in [7, 11) is 0. The summed E-state index contributed by atoms with van der Waals surface area (Å²) in [5, 5.41) is 8.81. The van der Waals surface area contributed by atoms with Crippen molar-refractivity contribution in [2.45, 2.75) is 17.3 Å². The Morgan fingerprint density at radius 2 is 1.92 bits per heavy atom. The van der Waals surface area contributed by atoms with Crippen LogP contribution in [0.5, 0.6) is 0 Å². The molecule has 2 heterocycles. The van der Waals surface area contributed by atoms with E-state index in [0.29, 0.717) is 27.6 Å². The minimum Gasteiger partial charge on any atom is -0.309 e. The summed E-state index contributed by atoms with van der Waals surface area (Å²) in [4.78, 5) is 19.6. The second-order valence-corrected chi connectivity index (χ2v) is 6.97. The second kappa shape index (κ2) is 6.72. The SMILES string of the molecule is C[C@@H](Sc1nncn1-c1ccccc1F)c1nc2ccccc2c(=O)[nH]1. The van der Waals surface area contributed by atoms with Gasteiger partial charge in [-0.05, 0) is 31.2 Å². The number of hydrogen-bond donors (Lipinski definition) is 1. The van der Waals surface area contributed by atoms with Crippen LogP contribution in [0.15, 0.2) is 64.8 Å². The molecule has 0 saturated heterocycles. The standard InChI is InChI=1S/C18H14FN5OS/c1-11(16-21-14-8-4-2-6-12(14)17(25)22-16)26-18-23-20-10-24(18)15-9-5-3-7-13(15)19/h2-11H,1H3,(H,21,22,25)/t11-/m1/s1. The minimum atomic E-state index is -0.362. The Morgan fingerprint density at radius 3 is 2.77 bits per heavy atom. The van der Waals surface area contributed by atoms with Crippen LogP contribution < -0.4 is 5.56 Å². The Labute approximate surface area is 152 Å². The van der Waals surface area contributed by atoms with Gasteiger partial charge in [0, 0.05) is 0 Å². The van der Waals surface area contributed by atoms with E-state index in [1.54, 1.807) is 41.0 Å². The quantitative estimate of drug-likeness (QED) is 0.559. The highest BCUT2D eigenvalue weighted by atomic mass is 32.2. The number of H-pyrrole nitrogens is 1. The van der Waals surface area contributed by atoms with Gasteiger partial charge in [-0.2, -0.15) is 0 Å². The van der Waals surface area contributed by atoms with Crippen LogP contribution in [0.4, 0.5) is 4.39 Å². The van der Waals surface area contributed by atoms with Crippen LogP contribution in [-0.2, 0) is 0 Å². The highest BCUT2D eigenvalue weighted by Crippen LogP contribution is 2.33. The van der Waals surface area contributed by atoms with E-state index in [1.165, 1.54) is 24.2 Å². The van der Waals surface area contributed by atoms with Crippen LogP contribution in [-0.4, -0.2) is 24.7 Å². The van der Waals surface area contributed by atoms with Crippen LogP contribution in [0, 0.1) is 5.82 Å². The first-order valence-electron chi connectivity index (χ1n) is 7.94. The summed E-state index contributed by atoms with van der Waals surface area (Å²) >= 11 is 1.34. The molecule has 0 amide bonds. The molecule has 1 N–H and O–H groups in total. The fraction of sp³-hybridized carbons (Fsp3) is 0.111. The molecular formula is C18H14FN5OS. The predicted octanol–water partition coefficient (Wildman–Crippen LogP) is 3.50. The molecule has 26 heavy (non-hydrogen) atoms. The molecule has 0 spiro atoms. The van der Waals surface area contributed by atoms with Crippen molar-refractivity contribution in [1.82, 2.24) is 24.7 Å². The minimum absolute atomic E-state index is 0.186. The number of rotatable bonds is 4. The number of fused-ring (bicyclic) bond motifs is 1. The number of nitrogens with zero attached hydrogens (tertiary/aromatic N) is 4. The van der Waals surface area contributed by atoms with Crippen molar-refractivity contribution < 1.29 is 4.39 Å². The van der Waals surface area contributed by atoms with E-state index in [9.17, 15) is 9.18 Å². The zero-order valence-electron chi connectivity index (χ0n) is 13.8. The van der Waals surface area contributed by atoms with E-state index in [2.05, 4.69) is 20.2 Å². The van der Waals surface area contributed by atoms with Crippen LogP contribution in [0.25, 0.3) is 16.6 Å². The molecule has 2 aromatic heterocycles. The number of halogens is 1. The molecule has 0 bridgehead atoms. The third-order valence-corrected chi connectivity index (χ3v) is 4.99. The van der Waals surface area contributed by atoms with Gasteiger partial charge in [0.1, 0.15) is 18.0 Å². The van der Waals surface area contributed by atoms with Crippen LogP contribution in [0.3, 0.4) is 0 Å². The predicted molar refractivity (Wildman–Crippen MR) is 98.0 cm³/mol. The van der Waals surface area contributed by atoms with Crippen LogP contribution in [0.1, 0.15) is 18.0 Å². The molecule has 8 heteroatoms. The van der Waals surface area contributed by atoms with E-state index in [-0.39, 0.29) is 16.6 Å². The maximum atomic E-state index is 14.1. The number of hydrogen-bond acceptors (Lipinski definition) is 5. The average Bonchev–Trinajstić information content (AvgIpc) is 3.10. The zero-order valence-corrected chi connectivity index (χ0v) is 14.6. The second-order valence-electron chi connectivity index (χ2n) is 5.66. The summed E-state index contributed by atoms with van der Waals surface area (Å²) in [6.07, 6.45) is 1.46. The Kier molecular flexibility index (Phi) is 4.26. The summed E-state index contributed by atoms with van der Waals surface area (Å²) in [6.45, 7) is 1.90. The van der Waals surface area contributed by atoms with E-state index < -0.39 is 0 Å². The van der Waals surface area contributed by atoms with Gasteiger partial charge in [0.05, 0.1) is 21.8 Å². The first kappa shape index (κ1) is 16.5. The molecule has 0 aliphatic carbocycles. The van der Waals surface area contributed by atoms with Crippen LogP contribution in [0.2, 0.25) is 0 Å². The fourth-order valence-electron chi connectivity index (χ4n) is 2.63. The molecule has 0 aliphatic rings. The molecule has 0 unspecified atom stereocenters. The lowest BCUT2D eigenvalue weighted by molar-refractivity contribution is 0.613. The highest BCUT2D eigenvalue weighted by molar-refractivity contribution is 7.99. The smallest absolute Gasteiger partial charge is 0.258 e. The van der Waals surface area contributed by atoms with Gasteiger partial charge < -0.3 is 4.98 Å². The van der Waals surface area contributed by atoms with Gasteiger partial charge in [0.25, 0.3) is 5.56 Å². The number of thioether (sulfide) groups is 1. The summed E-state index contributed by atoms with van der Waals surface area (Å²) < 4.78 is 15.7. The van der Waals surface area contributed by atoms with Crippen molar-refractivity contribution in [2.24, 2.45) is 0 Å². The monoisotopic (exact) mass is 367 g/mol. The Hall–Kier alpha value is -3.00. The largest absolute Gasteiger partial charge is 0.309 e. The Morgan fingerprint density at radius 1 is 1.15 bits per heavy atom. The summed E-state index contributed by atoms with van der Waals surface area (Å²) in [6, 6.07) is 13.6. The molecule has 0 radical (unpaired) electrons. The molecule has 1 atom stereocenters. The van der Waals surface area contributed by atoms with Gasteiger partial charge in [-0.15, -0.1) is 10.2 Å². The topological polar surface area (TPSA) is 76.5 Å². The lowest BCUT2D eigenvalue weighted by atomic mass is 10.2. The highest BCUT2D eigenvalue weighted by Gasteiger charge is 2.17. The molecule has 0 aliphatic heterocycles. The number of aromatic nitrogens is 5. The van der Waals surface area contributed by atoms with Crippen molar-refractivity contribution >= 4 is 22.7 Å². The van der Waals surface area contributed by atoms with E-state index in [1.807, 2.05) is 13.0 Å². The van der Waals surface area contributed by atoms with Gasteiger partial charge in [0.2, 0.25) is 0 Å². The molecule has 6 nitrogen and oxygen atoms in total. The normalized spacial score (nSPS) is 12.4. The molecule has 4 rings (SSSR count). The number of nitrogens with one attached hydrogen (secondary N) is 1. The lowest BCUT2D eigenvalue weighted by Crippen LogP contribution is -2.13. The first-order chi connectivity index (χ1) is 12.6. The maximum Gasteiger partial charge on any atom is 0.258 e. The Bertz CT molecular complexity index is 1140. The van der Waals surface area contributed by atoms with Crippen molar-refractivity contribution in [1.29, 1.82) is 0 Å². The van der Waals surface area contributed by atoms with Crippen molar-refractivity contribution in [3.05, 3.63) is 76.9 Å².